The molecule has 0 aromatic carbocycles. The highest BCUT2D eigenvalue weighted by Crippen LogP contribution is 2.24. The van der Waals surface area contributed by atoms with Crippen LogP contribution in [0, 0.1) is 0 Å². The first kappa shape index (κ1) is 25.7. The Bertz CT molecular complexity index is 563. The van der Waals surface area contributed by atoms with Crippen LogP contribution in [-0.4, -0.2) is 93.9 Å². The lowest BCUT2D eigenvalue weighted by Crippen LogP contribution is -2.51. The van der Waals surface area contributed by atoms with Gasteiger partial charge in [0.15, 0.2) is 0 Å². The Labute approximate surface area is 186 Å². The Morgan fingerprint density at radius 2 is 1.19 bits per heavy atom. The minimum absolute atomic E-state index is 0.236. The summed E-state index contributed by atoms with van der Waals surface area (Å²) in [5, 5.41) is 24.4. The Kier molecular flexibility index (Phi) is 8.58. The molecule has 9 heteroatoms. The second-order valence-corrected chi connectivity index (χ2v) is 10.6. The highest BCUT2D eigenvalue weighted by Gasteiger charge is 2.38. The summed E-state index contributed by atoms with van der Waals surface area (Å²) in [4.78, 5) is 28.0. The Morgan fingerprint density at radius 1 is 0.839 bits per heavy atom. The summed E-state index contributed by atoms with van der Waals surface area (Å²) < 4.78 is 10.9. The molecule has 2 heterocycles. The molecule has 9 nitrogen and oxygen atoms in total. The Balaban J connectivity index is 1.82. The fourth-order valence-electron chi connectivity index (χ4n) is 4.13. The first-order chi connectivity index (χ1) is 14.3. The van der Waals surface area contributed by atoms with E-state index in [1.54, 1.807) is 9.80 Å². The second kappa shape index (κ2) is 10.4. The van der Waals surface area contributed by atoms with E-state index in [2.05, 4.69) is 5.32 Å². The SMILES string of the molecule is CC(C)(C)OC(=O)N1CCC[C@H]1[C@H](O)CNC[C@H](O)[C@@H]1CCCN1C(=O)OC(C)(C)C. The molecule has 0 aromatic rings. The number of carbonyl (C=O) groups excluding carboxylic acids is 2. The number of carbonyl (C=O) groups is 2. The van der Waals surface area contributed by atoms with Crippen molar-refractivity contribution in [1.29, 1.82) is 0 Å². The fourth-order valence-corrected chi connectivity index (χ4v) is 4.13. The summed E-state index contributed by atoms with van der Waals surface area (Å²) in [5.41, 5.74) is -1.17. The zero-order valence-corrected chi connectivity index (χ0v) is 19.9. The molecule has 2 saturated heterocycles. The minimum atomic E-state index is -0.771. The van der Waals surface area contributed by atoms with Crippen molar-refractivity contribution in [3.63, 3.8) is 0 Å². The number of aliphatic hydroxyl groups excluding tert-OH is 2. The molecule has 2 rings (SSSR count). The van der Waals surface area contributed by atoms with Gasteiger partial charge in [0, 0.05) is 26.2 Å². The molecule has 3 N–H and O–H groups in total. The number of amides is 2. The molecule has 2 aliphatic heterocycles. The lowest BCUT2D eigenvalue weighted by molar-refractivity contribution is 0.00138. The molecule has 2 amide bonds. The molecule has 31 heavy (non-hydrogen) atoms. The van der Waals surface area contributed by atoms with Crippen molar-refractivity contribution >= 4 is 12.2 Å². The summed E-state index contributed by atoms with van der Waals surface area (Å²) in [6.07, 6.45) is 0.688. The van der Waals surface area contributed by atoms with Crippen LogP contribution < -0.4 is 5.32 Å². The van der Waals surface area contributed by atoms with Gasteiger partial charge in [-0.3, -0.25) is 0 Å². The quantitative estimate of drug-likeness (QED) is 0.576. The van der Waals surface area contributed by atoms with Crippen molar-refractivity contribution < 1.29 is 29.3 Å². The van der Waals surface area contributed by atoms with Gasteiger partial charge in [0.1, 0.15) is 11.2 Å². The molecule has 0 radical (unpaired) electrons. The second-order valence-electron chi connectivity index (χ2n) is 10.6. The van der Waals surface area contributed by atoms with Crippen LogP contribution in [0.2, 0.25) is 0 Å². The van der Waals surface area contributed by atoms with E-state index in [9.17, 15) is 19.8 Å². The fraction of sp³-hybridized carbons (Fsp3) is 0.909. The number of ether oxygens (including phenoxy) is 2. The molecule has 0 bridgehead atoms. The van der Waals surface area contributed by atoms with Crippen molar-refractivity contribution in [3.05, 3.63) is 0 Å². The van der Waals surface area contributed by atoms with Crippen molar-refractivity contribution in [3.8, 4) is 0 Å². The lowest BCUT2D eigenvalue weighted by atomic mass is 10.1. The molecule has 2 fully saturated rings. The number of nitrogens with one attached hydrogen (secondary N) is 1. The van der Waals surface area contributed by atoms with Crippen LogP contribution >= 0.6 is 0 Å². The van der Waals surface area contributed by atoms with E-state index in [4.69, 9.17) is 9.47 Å². The van der Waals surface area contributed by atoms with E-state index in [1.807, 2.05) is 41.5 Å². The van der Waals surface area contributed by atoms with Crippen molar-refractivity contribution in [2.24, 2.45) is 0 Å². The monoisotopic (exact) mass is 443 g/mol. The molecule has 180 valence electrons. The molecule has 0 spiro atoms. The van der Waals surface area contributed by atoms with Gasteiger partial charge in [0.2, 0.25) is 0 Å². The first-order valence-electron chi connectivity index (χ1n) is 11.3. The van der Waals surface area contributed by atoms with E-state index in [-0.39, 0.29) is 25.2 Å². The van der Waals surface area contributed by atoms with Gasteiger partial charge in [-0.25, -0.2) is 9.59 Å². The molecule has 0 aliphatic carbocycles. The lowest BCUT2D eigenvalue weighted by Gasteiger charge is -2.32. The van der Waals surface area contributed by atoms with E-state index >= 15 is 0 Å². The maximum absolute atomic E-state index is 12.4. The summed E-state index contributed by atoms with van der Waals surface area (Å²) in [6, 6.07) is -0.631. The largest absolute Gasteiger partial charge is 0.444 e. The number of rotatable bonds is 6. The standard InChI is InChI=1S/C22H41N3O6/c1-21(2,3)30-19(28)24-11-7-9-15(24)17(26)13-23-14-18(27)16-10-8-12-25(16)20(29)31-22(4,5)6/h15-18,23,26-27H,7-14H2,1-6H3/t15-,16-,17-,18+/m0/s1. The summed E-state index contributed by atoms with van der Waals surface area (Å²) in [7, 11) is 0. The van der Waals surface area contributed by atoms with E-state index in [0.717, 1.165) is 12.8 Å². The van der Waals surface area contributed by atoms with Gasteiger partial charge >= 0.3 is 12.2 Å². The highest BCUT2D eigenvalue weighted by molar-refractivity contribution is 5.69. The summed E-state index contributed by atoms with van der Waals surface area (Å²) in [5.74, 6) is 0. The summed E-state index contributed by atoms with van der Waals surface area (Å²) in [6.45, 7) is 12.5. The number of hydrogen-bond acceptors (Lipinski definition) is 7. The first-order valence-corrected chi connectivity index (χ1v) is 11.3. The number of aliphatic hydroxyl groups is 2. The highest BCUT2D eigenvalue weighted by atomic mass is 16.6. The number of nitrogens with zero attached hydrogens (tertiary/aromatic N) is 2. The predicted molar refractivity (Wildman–Crippen MR) is 117 cm³/mol. The van der Waals surface area contributed by atoms with Gasteiger partial charge in [-0.1, -0.05) is 0 Å². The Hall–Kier alpha value is -1.58. The third-order valence-electron chi connectivity index (χ3n) is 5.45. The molecule has 0 saturated carbocycles. The smallest absolute Gasteiger partial charge is 0.410 e. The average molecular weight is 444 g/mol. The van der Waals surface area contributed by atoms with Gasteiger partial charge in [0.05, 0.1) is 24.3 Å². The minimum Gasteiger partial charge on any atom is -0.444 e. The summed E-state index contributed by atoms with van der Waals surface area (Å²) >= 11 is 0. The molecule has 0 unspecified atom stereocenters. The maximum atomic E-state index is 12.4. The van der Waals surface area contributed by atoms with Crippen molar-refractivity contribution in [2.75, 3.05) is 26.2 Å². The van der Waals surface area contributed by atoms with Crippen LogP contribution in [0.5, 0.6) is 0 Å². The van der Waals surface area contributed by atoms with Crippen LogP contribution in [-0.2, 0) is 9.47 Å². The topological polar surface area (TPSA) is 112 Å². The number of hydrogen-bond donors (Lipinski definition) is 3. The molecular weight excluding hydrogens is 402 g/mol. The molecule has 0 aromatic heterocycles. The van der Waals surface area contributed by atoms with Crippen LogP contribution in [0.1, 0.15) is 67.2 Å². The molecule has 4 atom stereocenters. The van der Waals surface area contributed by atoms with Gasteiger partial charge in [-0.15, -0.1) is 0 Å². The van der Waals surface area contributed by atoms with E-state index in [0.29, 0.717) is 25.9 Å². The molecular formula is C22H41N3O6. The van der Waals surface area contributed by atoms with Crippen molar-refractivity contribution in [2.45, 2.75) is 103 Å². The maximum Gasteiger partial charge on any atom is 0.410 e. The van der Waals surface area contributed by atoms with Gasteiger partial charge < -0.3 is 34.8 Å². The third-order valence-corrected chi connectivity index (χ3v) is 5.45. The van der Waals surface area contributed by atoms with Crippen LogP contribution in [0.4, 0.5) is 9.59 Å². The van der Waals surface area contributed by atoms with Crippen LogP contribution in [0.15, 0.2) is 0 Å². The van der Waals surface area contributed by atoms with Gasteiger partial charge in [-0.2, -0.15) is 0 Å². The van der Waals surface area contributed by atoms with Crippen molar-refractivity contribution in [1.82, 2.24) is 15.1 Å². The number of likely N-dealkylation sites (tertiary alicyclic amines) is 2. The normalized spacial score (nSPS) is 24.3. The van der Waals surface area contributed by atoms with Crippen LogP contribution in [0.25, 0.3) is 0 Å². The zero-order chi connectivity index (χ0) is 23.4. The predicted octanol–water partition coefficient (Wildman–Crippen LogP) is 2.10. The average Bonchev–Trinajstić information content (AvgIpc) is 3.28. The van der Waals surface area contributed by atoms with Gasteiger partial charge in [-0.05, 0) is 67.2 Å². The van der Waals surface area contributed by atoms with E-state index in [1.165, 1.54) is 0 Å². The van der Waals surface area contributed by atoms with Gasteiger partial charge in [0.25, 0.3) is 0 Å². The third kappa shape index (κ3) is 7.80. The Morgan fingerprint density at radius 3 is 1.52 bits per heavy atom. The molecule has 2 aliphatic rings. The van der Waals surface area contributed by atoms with E-state index < -0.39 is 35.6 Å². The zero-order valence-electron chi connectivity index (χ0n) is 19.9. The van der Waals surface area contributed by atoms with Crippen LogP contribution in [0.3, 0.4) is 0 Å².